The van der Waals surface area contributed by atoms with Gasteiger partial charge in [0.05, 0.1) is 0 Å². The van der Waals surface area contributed by atoms with Gasteiger partial charge in [-0.25, -0.2) is 9.18 Å². The molecule has 2 atom stereocenters. The fourth-order valence-corrected chi connectivity index (χ4v) is 2.21. The number of nitrogens with one attached hydrogen (secondary N) is 2. The molecule has 0 fully saturated rings. The zero-order valence-corrected chi connectivity index (χ0v) is 14.0. The lowest BCUT2D eigenvalue weighted by molar-refractivity contribution is -0.142. The molecule has 1 aromatic rings. The van der Waals surface area contributed by atoms with Crippen LogP contribution in [0.4, 0.5) is 4.39 Å². The lowest BCUT2D eigenvalue weighted by atomic mass is 10.0. The summed E-state index contributed by atoms with van der Waals surface area (Å²) in [5, 5.41) is 13.6. The van der Waals surface area contributed by atoms with Gasteiger partial charge in [0, 0.05) is 5.56 Å². The lowest BCUT2D eigenvalue weighted by Crippen LogP contribution is -2.52. The molecule has 0 bridgehead atoms. The van der Waals surface area contributed by atoms with E-state index in [1.54, 1.807) is 31.2 Å². The van der Waals surface area contributed by atoms with Crippen molar-refractivity contribution < 1.29 is 23.9 Å². The monoisotopic (exact) mass is 338 g/mol. The molecule has 3 N–H and O–H groups in total. The Hall–Kier alpha value is -2.44. The summed E-state index contributed by atoms with van der Waals surface area (Å²) in [6.45, 7) is 4.28. The van der Waals surface area contributed by atoms with Crippen LogP contribution in [0.15, 0.2) is 24.3 Å². The molecule has 0 aliphatic carbocycles. The van der Waals surface area contributed by atoms with Crippen molar-refractivity contribution in [1.82, 2.24) is 10.6 Å². The Morgan fingerprint density at radius 1 is 1.12 bits per heavy atom. The number of aliphatic carboxylic acids is 1. The second-order valence-corrected chi connectivity index (χ2v) is 6.02. The number of hydrogen-bond donors (Lipinski definition) is 3. The first-order valence-electron chi connectivity index (χ1n) is 7.71. The highest BCUT2D eigenvalue weighted by Gasteiger charge is 2.27. The van der Waals surface area contributed by atoms with E-state index in [0.29, 0.717) is 12.0 Å². The summed E-state index contributed by atoms with van der Waals surface area (Å²) in [6.07, 6.45) is 0.308. The van der Waals surface area contributed by atoms with E-state index in [1.165, 1.54) is 0 Å². The van der Waals surface area contributed by atoms with Crippen molar-refractivity contribution in [3.63, 3.8) is 0 Å². The van der Waals surface area contributed by atoms with Gasteiger partial charge in [0.1, 0.15) is 12.7 Å². The average Bonchev–Trinajstić information content (AvgIpc) is 2.51. The zero-order valence-electron chi connectivity index (χ0n) is 14.0. The van der Waals surface area contributed by atoms with Gasteiger partial charge in [-0.1, -0.05) is 32.0 Å². The first kappa shape index (κ1) is 19.6. The normalized spacial score (nSPS) is 13.2. The van der Waals surface area contributed by atoms with Crippen LogP contribution in [0, 0.1) is 12.8 Å². The van der Waals surface area contributed by atoms with Crippen LogP contribution in [0.5, 0.6) is 0 Å². The molecule has 0 heterocycles. The maximum absolute atomic E-state index is 12.7. The second-order valence-electron chi connectivity index (χ2n) is 6.02. The Labute approximate surface area is 140 Å². The van der Waals surface area contributed by atoms with Gasteiger partial charge in [-0.2, -0.15) is 0 Å². The van der Waals surface area contributed by atoms with Gasteiger partial charge in [0.2, 0.25) is 5.91 Å². The highest BCUT2D eigenvalue weighted by molar-refractivity contribution is 5.99. The zero-order chi connectivity index (χ0) is 18.3. The molecule has 0 saturated carbocycles. The van der Waals surface area contributed by atoms with Gasteiger partial charge < -0.3 is 15.7 Å². The van der Waals surface area contributed by atoms with Crippen LogP contribution in [0.1, 0.15) is 36.2 Å². The van der Waals surface area contributed by atoms with Crippen molar-refractivity contribution in [3.05, 3.63) is 35.4 Å². The minimum atomic E-state index is -1.62. The summed E-state index contributed by atoms with van der Waals surface area (Å²) in [6, 6.07) is 4.35. The first-order valence-corrected chi connectivity index (χ1v) is 7.71. The van der Waals surface area contributed by atoms with Gasteiger partial charge in [-0.15, -0.1) is 0 Å². The molecule has 0 radical (unpaired) electrons. The Kier molecular flexibility index (Phi) is 7.35. The summed E-state index contributed by atoms with van der Waals surface area (Å²) in [4.78, 5) is 35.5. The van der Waals surface area contributed by atoms with E-state index in [4.69, 9.17) is 5.11 Å². The Morgan fingerprint density at radius 2 is 1.75 bits per heavy atom. The molecule has 0 aliphatic rings. The van der Waals surface area contributed by atoms with Crippen molar-refractivity contribution in [3.8, 4) is 0 Å². The number of carboxylic acids is 1. The number of rotatable bonds is 8. The molecule has 2 unspecified atom stereocenters. The molecule has 1 rings (SSSR count). The van der Waals surface area contributed by atoms with E-state index in [2.05, 4.69) is 10.6 Å². The number of benzene rings is 1. The molecule has 7 heteroatoms. The van der Waals surface area contributed by atoms with Crippen molar-refractivity contribution in [2.45, 2.75) is 39.3 Å². The molecule has 24 heavy (non-hydrogen) atoms. The van der Waals surface area contributed by atoms with Crippen LogP contribution in [0.25, 0.3) is 0 Å². The molecule has 1 aromatic carbocycles. The summed E-state index contributed by atoms with van der Waals surface area (Å²) < 4.78 is 12.7. The fourth-order valence-electron chi connectivity index (χ4n) is 2.21. The van der Waals surface area contributed by atoms with Gasteiger partial charge in [-0.05, 0) is 30.9 Å². The molecule has 0 aromatic heterocycles. The van der Waals surface area contributed by atoms with Gasteiger partial charge in [0.15, 0.2) is 6.04 Å². The molecule has 0 spiro atoms. The van der Waals surface area contributed by atoms with E-state index in [-0.39, 0.29) is 5.92 Å². The summed E-state index contributed by atoms with van der Waals surface area (Å²) in [5.74, 6) is -2.53. The fraction of sp³-hybridized carbons (Fsp3) is 0.471. The predicted octanol–water partition coefficient (Wildman–Crippen LogP) is 1.68. The number of alkyl halides is 1. The molecule has 2 amide bonds. The van der Waals surface area contributed by atoms with E-state index in [9.17, 15) is 18.8 Å². The van der Waals surface area contributed by atoms with Gasteiger partial charge in [0.25, 0.3) is 5.91 Å². The molecular weight excluding hydrogens is 315 g/mol. The minimum Gasteiger partial charge on any atom is -0.480 e. The average molecular weight is 338 g/mol. The Bertz CT molecular complexity index is 604. The third-order valence-electron chi connectivity index (χ3n) is 3.49. The number of amides is 2. The molecule has 6 nitrogen and oxygen atoms in total. The maximum atomic E-state index is 12.7. The van der Waals surface area contributed by atoms with Crippen LogP contribution >= 0.6 is 0 Å². The predicted molar refractivity (Wildman–Crippen MR) is 87.4 cm³/mol. The van der Waals surface area contributed by atoms with Crippen LogP contribution in [0.2, 0.25) is 0 Å². The number of carboxylic acid groups (broad SMARTS) is 1. The smallest absolute Gasteiger partial charge is 0.328 e. The number of carbonyl (C=O) groups excluding carboxylic acids is 2. The quantitative estimate of drug-likeness (QED) is 0.672. The number of hydrogen-bond acceptors (Lipinski definition) is 3. The van der Waals surface area contributed by atoms with Gasteiger partial charge in [-0.3, -0.25) is 9.59 Å². The molecule has 0 saturated heterocycles. The van der Waals surface area contributed by atoms with E-state index < -0.39 is 36.5 Å². The van der Waals surface area contributed by atoms with Crippen LogP contribution < -0.4 is 10.6 Å². The van der Waals surface area contributed by atoms with E-state index in [1.807, 2.05) is 13.8 Å². The third-order valence-corrected chi connectivity index (χ3v) is 3.49. The van der Waals surface area contributed by atoms with Crippen LogP contribution in [0.3, 0.4) is 0 Å². The van der Waals surface area contributed by atoms with Crippen molar-refractivity contribution in [1.29, 1.82) is 0 Å². The second kappa shape index (κ2) is 9.00. The summed E-state index contributed by atoms with van der Waals surface area (Å²) in [5.41, 5.74) is 1.19. The van der Waals surface area contributed by atoms with Crippen LogP contribution in [-0.2, 0) is 9.59 Å². The largest absolute Gasteiger partial charge is 0.480 e. The maximum Gasteiger partial charge on any atom is 0.328 e. The van der Waals surface area contributed by atoms with Crippen molar-refractivity contribution in [2.75, 3.05) is 6.67 Å². The van der Waals surface area contributed by atoms with Crippen molar-refractivity contribution >= 4 is 17.8 Å². The summed E-state index contributed by atoms with van der Waals surface area (Å²) >= 11 is 0. The molecular formula is C17H23FN2O4. The van der Waals surface area contributed by atoms with Crippen molar-refractivity contribution in [2.24, 2.45) is 5.92 Å². The summed E-state index contributed by atoms with van der Waals surface area (Å²) in [7, 11) is 0. The van der Waals surface area contributed by atoms with Crippen LogP contribution in [-0.4, -0.2) is 41.6 Å². The van der Waals surface area contributed by atoms with E-state index >= 15 is 0 Å². The topological polar surface area (TPSA) is 95.5 Å². The lowest BCUT2D eigenvalue weighted by Gasteiger charge is -2.22. The highest BCUT2D eigenvalue weighted by atomic mass is 19.1. The number of carbonyl (C=O) groups is 3. The number of aryl methyl sites for hydroxylation is 1. The van der Waals surface area contributed by atoms with E-state index in [0.717, 1.165) is 5.56 Å². The first-order chi connectivity index (χ1) is 11.3. The molecule has 132 valence electrons. The van der Waals surface area contributed by atoms with Gasteiger partial charge >= 0.3 is 5.97 Å². The Morgan fingerprint density at radius 3 is 2.25 bits per heavy atom. The highest BCUT2D eigenvalue weighted by Crippen LogP contribution is 2.10. The number of halogens is 1. The Balaban J connectivity index is 2.89. The SMILES string of the molecule is Cc1ccccc1C(=O)NC(CC(C)C)C(=O)NC(CF)C(=O)O. The minimum absolute atomic E-state index is 0.0755. The standard InChI is InChI=1S/C17H23FN2O4/c1-10(2)8-13(16(22)20-14(9-18)17(23)24)19-15(21)12-7-5-4-6-11(12)3/h4-7,10,13-14H,8-9H2,1-3H3,(H,19,21)(H,20,22)(H,23,24). The molecule has 0 aliphatic heterocycles. The third kappa shape index (κ3) is 5.64.